The fraction of sp³-hybridized carbons (Fsp3) is 0.556. The molecular formula is C27H39NO3S. The molecule has 1 heterocycles. The normalized spacial score (nSPS) is 11.5. The van der Waals surface area contributed by atoms with Gasteiger partial charge in [0, 0.05) is 30.2 Å². The van der Waals surface area contributed by atoms with Gasteiger partial charge in [-0.25, -0.2) is 0 Å². The highest BCUT2D eigenvalue weighted by Crippen LogP contribution is 2.21. The molecule has 0 unspecified atom stereocenters. The van der Waals surface area contributed by atoms with Gasteiger partial charge in [0.15, 0.2) is 0 Å². The maximum absolute atomic E-state index is 11.9. The quantitative estimate of drug-likeness (QED) is 0.406. The molecule has 4 nitrogen and oxygen atoms in total. The van der Waals surface area contributed by atoms with Gasteiger partial charge >= 0.3 is 0 Å². The molecule has 0 aliphatic carbocycles. The number of thiocarbonyl (C=S) groups is 1. The van der Waals surface area contributed by atoms with Gasteiger partial charge in [-0.05, 0) is 36.7 Å². The van der Waals surface area contributed by atoms with E-state index in [2.05, 4.69) is 46.7 Å². The summed E-state index contributed by atoms with van der Waals surface area (Å²) in [5, 5.41) is 3.79. The first kappa shape index (κ1) is 27.9. The molecule has 0 amide bonds. The molecule has 5 heteroatoms. The summed E-state index contributed by atoms with van der Waals surface area (Å²) in [5.74, 6) is 1.18. The molecule has 2 rings (SSSR count). The van der Waals surface area contributed by atoms with E-state index in [1.54, 1.807) is 6.07 Å². The smallest absolute Gasteiger partial charge is 0.142 e. The number of ketones is 2. The van der Waals surface area contributed by atoms with E-state index in [1.807, 2.05) is 38.1 Å². The SMILES string of the molecule is Cc1cc(CC(=O)CC(C)(C)C)no1.Cc1ccc(CC(=O)CC(=S)CC(C)(C)C)cc1. The second-order valence-electron chi connectivity index (χ2n) is 11.0. The molecule has 176 valence electrons. The number of benzene rings is 1. The molecule has 0 bridgehead atoms. The van der Waals surface area contributed by atoms with Crippen LogP contribution in [0.1, 0.15) is 83.4 Å². The van der Waals surface area contributed by atoms with Crippen LogP contribution in [0.15, 0.2) is 34.9 Å². The first-order valence-corrected chi connectivity index (χ1v) is 11.6. The molecule has 0 aliphatic heterocycles. The Labute approximate surface area is 199 Å². The number of aromatic nitrogens is 1. The van der Waals surface area contributed by atoms with Gasteiger partial charge in [0.05, 0.1) is 12.1 Å². The third-order valence-corrected chi connectivity index (χ3v) is 4.71. The summed E-state index contributed by atoms with van der Waals surface area (Å²) in [5.41, 5.74) is 3.24. The zero-order valence-corrected chi connectivity index (χ0v) is 21.8. The maximum atomic E-state index is 11.9. The van der Waals surface area contributed by atoms with Crippen molar-refractivity contribution in [3.8, 4) is 0 Å². The second kappa shape index (κ2) is 12.2. The zero-order valence-electron chi connectivity index (χ0n) is 21.0. The van der Waals surface area contributed by atoms with E-state index in [4.69, 9.17) is 16.7 Å². The van der Waals surface area contributed by atoms with E-state index in [0.717, 1.165) is 28.3 Å². The number of carbonyl (C=O) groups excluding carboxylic acids is 2. The molecule has 0 saturated carbocycles. The summed E-state index contributed by atoms with van der Waals surface area (Å²) in [6, 6.07) is 9.91. The fourth-order valence-corrected chi connectivity index (χ4v) is 3.82. The van der Waals surface area contributed by atoms with Crippen LogP contribution in [0.25, 0.3) is 0 Å². The summed E-state index contributed by atoms with van der Waals surface area (Å²) in [7, 11) is 0. The van der Waals surface area contributed by atoms with E-state index in [0.29, 0.717) is 25.7 Å². The molecule has 32 heavy (non-hydrogen) atoms. The molecule has 0 fully saturated rings. The summed E-state index contributed by atoms with van der Waals surface area (Å²) >= 11 is 5.29. The van der Waals surface area contributed by atoms with Gasteiger partial charge in [0.1, 0.15) is 17.3 Å². The third kappa shape index (κ3) is 13.3. The summed E-state index contributed by atoms with van der Waals surface area (Å²) < 4.78 is 4.89. The summed E-state index contributed by atoms with van der Waals surface area (Å²) in [6.45, 7) is 16.5. The molecule has 1 aromatic carbocycles. The Hall–Kier alpha value is -2.14. The number of Topliss-reactive ketones (excluding diaryl/α,β-unsaturated/α-hetero) is 2. The molecule has 2 aromatic rings. The van der Waals surface area contributed by atoms with Crippen LogP contribution < -0.4 is 0 Å². The van der Waals surface area contributed by atoms with E-state index < -0.39 is 0 Å². The predicted molar refractivity (Wildman–Crippen MR) is 135 cm³/mol. The van der Waals surface area contributed by atoms with Crippen molar-refractivity contribution in [2.75, 3.05) is 0 Å². The van der Waals surface area contributed by atoms with Crippen LogP contribution in [0.2, 0.25) is 0 Å². The van der Waals surface area contributed by atoms with Gasteiger partial charge < -0.3 is 4.52 Å². The molecule has 1 aromatic heterocycles. The number of carbonyl (C=O) groups is 2. The van der Waals surface area contributed by atoms with Crippen molar-refractivity contribution in [1.82, 2.24) is 5.16 Å². The lowest BCUT2D eigenvalue weighted by Crippen LogP contribution is -2.15. The highest BCUT2D eigenvalue weighted by atomic mass is 32.1. The molecule has 0 atom stereocenters. The maximum Gasteiger partial charge on any atom is 0.142 e. The van der Waals surface area contributed by atoms with Gasteiger partial charge in [-0.1, -0.05) is 88.7 Å². The van der Waals surface area contributed by atoms with Crippen molar-refractivity contribution < 1.29 is 14.1 Å². The van der Waals surface area contributed by atoms with Crippen LogP contribution in [0.5, 0.6) is 0 Å². The van der Waals surface area contributed by atoms with Crippen LogP contribution in [-0.2, 0) is 22.4 Å². The van der Waals surface area contributed by atoms with Crippen LogP contribution in [0.4, 0.5) is 0 Å². The molecule has 0 radical (unpaired) electrons. The number of hydrogen-bond acceptors (Lipinski definition) is 5. The lowest BCUT2D eigenvalue weighted by atomic mass is 9.89. The highest BCUT2D eigenvalue weighted by Gasteiger charge is 2.17. The van der Waals surface area contributed by atoms with E-state index >= 15 is 0 Å². The average molecular weight is 458 g/mol. The van der Waals surface area contributed by atoms with Crippen molar-refractivity contribution in [2.45, 2.75) is 87.5 Å². The monoisotopic (exact) mass is 457 g/mol. The highest BCUT2D eigenvalue weighted by molar-refractivity contribution is 7.80. The molecule has 0 aliphatic rings. The van der Waals surface area contributed by atoms with E-state index in [9.17, 15) is 9.59 Å². The Bertz CT molecular complexity index is 896. The zero-order chi connectivity index (χ0) is 24.5. The first-order valence-electron chi connectivity index (χ1n) is 11.2. The van der Waals surface area contributed by atoms with Gasteiger partial charge in [-0.15, -0.1) is 0 Å². The van der Waals surface area contributed by atoms with Crippen LogP contribution in [0.3, 0.4) is 0 Å². The standard InChI is InChI=1S/C16H22OS.C11H17NO2/c1-12-5-7-13(8-6-12)9-14(17)10-15(18)11-16(2,3)4;1-8-5-9(12-14-8)6-10(13)7-11(2,3)4/h5-8H,9-11H2,1-4H3;5H,6-7H2,1-4H3. The fourth-order valence-electron chi connectivity index (χ4n) is 3.23. The Morgan fingerprint density at radius 2 is 1.44 bits per heavy atom. The number of hydrogen-bond donors (Lipinski definition) is 0. The van der Waals surface area contributed by atoms with Crippen LogP contribution >= 0.6 is 12.2 Å². The molecule has 0 spiro atoms. The minimum atomic E-state index is 0.0515. The van der Waals surface area contributed by atoms with Crippen LogP contribution in [0, 0.1) is 24.7 Å². The van der Waals surface area contributed by atoms with Gasteiger partial charge in [-0.3, -0.25) is 9.59 Å². The third-order valence-electron chi connectivity index (χ3n) is 4.43. The van der Waals surface area contributed by atoms with E-state index in [1.165, 1.54) is 5.56 Å². The van der Waals surface area contributed by atoms with Crippen molar-refractivity contribution in [1.29, 1.82) is 0 Å². The average Bonchev–Trinajstić information content (AvgIpc) is 2.98. The lowest BCUT2D eigenvalue weighted by Gasteiger charge is -2.18. The predicted octanol–water partition coefficient (Wildman–Crippen LogP) is 6.83. The van der Waals surface area contributed by atoms with Crippen molar-refractivity contribution in [2.24, 2.45) is 10.8 Å². The minimum absolute atomic E-state index is 0.0515. The van der Waals surface area contributed by atoms with Crippen LogP contribution in [-0.4, -0.2) is 21.6 Å². The van der Waals surface area contributed by atoms with Crippen molar-refractivity contribution in [3.63, 3.8) is 0 Å². The minimum Gasteiger partial charge on any atom is -0.361 e. The van der Waals surface area contributed by atoms with Gasteiger partial charge in [0.25, 0.3) is 0 Å². The second-order valence-corrected chi connectivity index (χ2v) is 11.6. The Morgan fingerprint density at radius 3 is 1.91 bits per heavy atom. The molecule has 0 N–H and O–H groups in total. The van der Waals surface area contributed by atoms with Crippen molar-refractivity contribution >= 4 is 28.6 Å². The Morgan fingerprint density at radius 1 is 0.875 bits per heavy atom. The summed E-state index contributed by atoms with van der Waals surface area (Å²) in [6.07, 6.45) is 2.72. The number of rotatable bonds is 8. The molecular weight excluding hydrogens is 418 g/mol. The Kier molecular flexibility index (Phi) is 10.6. The number of nitrogens with zero attached hydrogens (tertiary/aromatic N) is 1. The first-order chi connectivity index (χ1) is 14.6. The Balaban J connectivity index is 0.000000330. The topological polar surface area (TPSA) is 60.2 Å². The van der Waals surface area contributed by atoms with Crippen molar-refractivity contribution in [3.05, 3.63) is 52.9 Å². The van der Waals surface area contributed by atoms with E-state index in [-0.39, 0.29) is 22.4 Å². The lowest BCUT2D eigenvalue weighted by molar-refractivity contribution is -0.120. The van der Waals surface area contributed by atoms with Gasteiger partial charge in [-0.2, -0.15) is 0 Å². The molecule has 0 saturated heterocycles. The largest absolute Gasteiger partial charge is 0.361 e. The van der Waals surface area contributed by atoms with Gasteiger partial charge in [0.2, 0.25) is 0 Å². The summed E-state index contributed by atoms with van der Waals surface area (Å²) in [4.78, 5) is 24.3. The number of aryl methyl sites for hydroxylation is 2.